The van der Waals surface area contributed by atoms with Gasteiger partial charge in [0, 0.05) is 36.3 Å². The average Bonchev–Trinajstić information content (AvgIpc) is 3.13. The molecule has 4 rings (SSSR count). The van der Waals surface area contributed by atoms with Crippen molar-refractivity contribution in [3.05, 3.63) is 51.6 Å². The summed E-state index contributed by atoms with van der Waals surface area (Å²) >= 11 is 2.24. The lowest BCUT2D eigenvalue weighted by Crippen LogP contribution is -2.48. The number of benzene rings is 2. The summed E-state index contributed by atoms with van der Waals surface area (Å²) in [7, 11) is 0. The molecule has 2 aliphatic rings. The molecule has 1 amide bonds. The summed E-state index contributed by atoms with van der Waals surface area (Å²) in [5, 5.41) is 3.00. The summed E-state index contributed by atoms with van der Waals surface area (Å²) in [5.74, 6) is 1.70. The molecule has 2 heterocycles. The van der Waals surface area contributed by atoms with Gasteiger partial charge < -0.3 is 14.8 Å². The molecular formula is C20H22IN3O3. The van der Waals surface area contributed by atoms with Crippen LogP contribution in [0.15, 0.2) is 42.5 Å². The average molecular weight is 479 g/mol. The van der Waals surface area contributed by atoms with Crippen LogP contribution in [0.25, 0.3) is 0 Å². The predicted molar refractivity (Wildman–Crippen MR) is 112 cm³/mol. The molecular weight excluding hydrogens is 457 g/mol. The van der Waals surface area contributed by atoms with Gasteiger partial charge in [-0.05, 0) is 52.4 Å². The highest BCUT2D eigenvalue weighted by atomic mass is 127. The summed E-state index contributed by atoms with van der Waals surface area (Å²) in [6, 6.07) is 14.0. The van der Waals surface area contributed by atoms with Gasteiger partial charge in [-0.2, -0.15) is 0 Å². The maximum absolute atomic E-state index is 12.3. The minimum absolute atomic E-state index is 0.0448. The van der Waals surface area contributed by atoms with E-state index in [1.54, 1.807) is 0 Å². The second kappa shape index (κ2) is 8.45. The molecule has 1 saturated heterocycles. The van der Waals surface area contributed by atoms with Crippen molar-refractivity contribution in [1.82, 2.24) is 9.80 Å². The van der Waals surface area contributed by atoms with Crippen LogP contribution < -0.4 is 14.8 Å². The molecule has 0 saturated carbocycles. The molecule has 1 N–H and O–H groups in total. The molecule has 0 unspecified atom stereocenters. The fraction of sp³-hybridized carbons (Fsp3) is 0.350. The van der Waals surface area contributed by atoms with Crippen molar-refractivity contribution in [2.75, 3.05) is 44.8 Å². The molecule has 2 aromatic rings. The van der Waals surface area contributed by atoms with Crippen molar-refractivity contribution in [2.24, 2.45) is 0 Å². The second-order valence-electron chi connectivity index (χ2n) is 6.77. The number of amides is 1. The number of rotatable bonds is 5. The Morgan fingerprint density at radius 2 is 1.74 bits per heavy atom. The van der Waals surface area contributed by atoms with Crippen LogP contribution in [0.5, 0.6) is 11.5 Å². The lowest BCUT2D eigenvalue weighted by atomic mass is 10.1. The van der Waals surface area contributed by atoms with Crippen LogP contribution >= 0.6 is 22.6 Å². The van der Waals surface area contributed by atoms with E-state index in [9.17, 15) is 4.79 Å². The van der Waals surface area contributed by atoms with E-state index in [-0.39, 0.29) is 5.91 Å². The van der Waals surface area contributed by atoms with E-state index in [1.807, 2.05) is 30.3 Å². The first-order valence-corrected chi connectivity index (χ1v) is 10.1. The lowest BCUT2D eigenvalue weighted by Gasteiger charge is -2.34. The Morgan fingerprint density at radius 1 is 1.00 bits per heavy atom. The molecule has 6 nitrogen and oxygen atoms in total. The molecule has 0 spiro atoms. The number of nitrogens with zero attached hydrogens (tertiary/aromatic N) is 2. The number of carbonyl (C=O) groups excluding carboxylic acids is 1. The molecule has 27 heavy (non-hydrogen) atoms. The van der Waals surface area contributed by atoms with Crippen molar-refractivity contribution in [3.63, 3.8) is 0 Å². The SMILES string of the molecule is O=C(CN1CCN(Cc2ccc3c(c2)OCO3)CC1)Nc1ccccc1I. The number of piperazine rings is 1. The number of carbonyl (C=O) groups is 1. The zero-order valence-electron chi connectivity index (χ0n) is 15.0. The fourth-order valence-corrected chi connectivity index (χ4v) is 3.88. The topological polar surface area (TPSA) is 54.0 Å². The van der Waals surface area contributed by atoms with Gasteiger partial charge in [0.15, 0.2) is 11.5 Å². The third kappa shape index (κ3) is 4.72. The number of para-hydroxylation sites is 1. The van der Waals surface area contributed by atoms with E-state index in [0.29, 0.717) is 13.3 Å². The zero-order chi connectivity index (χ0) is 18.6. The van der Waals surface area contributed by atoms with E-state index in [4.69, 9.17) is 9.47 Å². The summed E-state index contributed by atoms with van der Waals surface area (Å²) in [6.07, 6.45) is 0. The zero-order valence-corrected chi connectivity index (χ0v) is 17.1. The number of anilines is 1. The van der Waals surface area contributed by atoms with Crippen LogP contribution in [0, 0.1) is 3.57 Å². The van der Waals surface area contributed by atoms with Gasteiger partial charge in [-0.25, -0.2) is 0 Å². The highest BCUT2D eigenvalue weighted by molar-refractivity contribution is 14.1. The highest BCUT2D eigenvalue weighted by Crippen LogP contribution is 2.32. The molecule has 0 radical (unpaired) electrons. The van der Waals surface area contributed by atoms with Crippen molar-refractivity contribution < 1.29 is 14.3 Å². The van der Waals surface area contributed by atoms with Gasteiger partial charge in [0.2, 0.25) is 12.7 Å². The van der Waals surface area contributed by atoms with E-state index in [2.05, 4.69) is 49.8 Å². The first-order chi connectivity index (χ1) is 13.2. The van der Waals surface area contributed by atoms with Crippen LogP contribution in [0.1, 0.15) is 5.56 Å². The van der Waals surface area contributed by atoms with Crippen molar-refractivity contribution in [3.8, 4) is 11.5 Å². The largest absolute Gasteiger partial charge is 0.454 e. The molecule has 0 bridgehead atoms. The molecule has 2 aliphatic heterocycles. The van der Waals surface area contributed by atoms with Crippen molar-refractivity contribution in [1.29, 1.82) is 0 Å². The number of hydrogen-bond donors (Lipinski definition) is 1. The summed E-state index contributed by atoms with van der Waals surface area (Å²) in [5.41, 5.74) is 2.11. The molecule has 0 aliphatic carbocycles. The Balaban J connectivity index is 1.24. The molecule has 142 valence electrons. The second-order valence-corrected chi connectivity index (χ2v) is 7.93. The molecule has 0 aromatic heterocycles. The first kappa shape index (κ1) is 18.5. The third-order valence-corrected chi connectivity index (χ3v) is 5.76. The quantitative estimate of drug-likeness (QED) is 0.669. The van der Waals surface area contributed by atoms with E-state index < -0.39 is 0 Å². The van der Waals surface area contributed by atoms with Crippen LogP contribution in [0.3, 0.4) is 0 Å². The molecule has 1 fully saturated rings. The Kier molecular flexibility index (Phi) is 5.80. The number of ether oxygens (including phenoxy) is 2. The van der Waals surface area contributed by atoms with Gasteiger partial charge in [0.1, 0.15) is 0 Å². The van der Waals surface area contributed by atoms with Crippen LogP contribution in [0.2, 0.25) is 0 Å². The summed E-state index contributed by atoms with van der Waals surface area (Å²) in [6.45, 7) is 5.31. The van der Waals surface area contributed by atoms with Crippen LogP contribution in [-0.2, 0) is 11.3 Å². The molecule has 7 heteroatoms. The molecule has 2 aromatic carbocycles. The third-order valence-electron chi connectivity index (χ3n) is 4.82. The number of halogens is 1. The van der Waals surface area contributed by atoms with Gasteiger partial charge >= 0.3 is 0 Å². The first-order valence-electron chi connectivity index (χ1n) is 9.05. The maximum Gasteiger partial charge on any atom is 0.238 e. The van der Waals surface area contributed by atoms with Crippen LogP contribution in [0.4, 0.5) is 5.69 Å². The minimum atomic E-state index is 0.0448. The minimum Gasteiger partial charge on any atom is -0.454 e. The van der Waals surface area contributed by atoms with Crippen molar-refractivity contribution >= 4 is 34.2 Å². The number of hydrogen-bond acceptors (Lipinski definition) is 5. The number of nitrogens with one attached hydrogen (secondary N) is 1. The Labute approximate surface area is 172 Å². The molecule has 0 atom stereocenters. The fourth-order valence-electron chi connectivity index (χ4n) is 3.36. The van der Waals surface area contributed by atoms with Gasteiger partial charge in [-0.1, -0.05) is 18.2 Å². The van der Waals surface area contributed by atoms with Crippen molar-refractivity contribution in [2.45, 2.75) is 6.54 Å². The van der Waals surface area contributed by atoms with Gasteiger partial charge in [-0.3, -0.25) is 14.6 Å². The van der Waals surface area contributed by atoms with Gasteiger partial charge in [-0.15, -0.1) is 0 Å². The Bertz CT molecular complexity index is 822. The maximum atomic E-state index is 12.3. The highest BCUT2D eigenvalue weighted by Gasteiger charge is 2.20. The number of fused-ring (bicyclic) bond motifs is 1. The van der Waals surface area contributed by atoms with Crippen LogP contribution in [-0.4, -0.2) is 55.2 Å². The smallest absolute Gasteiger partial charge is 0.238 e. The van der Waals surface area contributed by atoms with E-state index in [1.165, 1.54) is 5.56 Å². The lowest BCUT2D eigenvalue weighted by molar-refractivity contribution is -0.117. The summed E-state index contributed by atoms with van der Waals surface area (Å²) in [4.78, 5) is 16.9. The van der Waals surface area contributed by atoms with E-state index in [0.717, 1.165) is 53.5 Å². The van der Waals surface area contributed by atoms with E-state index >= 15 is 0 Å². The predicted octanol–water partition coefficient (Wildman–Crippen LogP) is 2.78. The van der Waals surface area contributed by atoms with Gasteiger partial charge in [0.05, 0.1) is 12.2 Å². The standard InChI is InChI=1S/C20H22IN3O3/c21-16-3-1-2-4-17(16)22-20(25)13-24-9-7-23(8-10-24)12-15-5-6-18-19(11-15)27-14-26-18/h1-6,11H,7-10,12-14H2,(H,22,25). The summed E-state index contributed by atoms with van der Waals surface area (Å²) < 4.78 is 11.9. The van der Waals surface area contributed by atoms with Gasteiger partial charge in [0.25, 0.3) is 0 Å². The normalized spacial score (nSPS) is 17.1. The Morgan fingerprint density at radius 3 is 2.56 bits per heavy atom. The monoisotopic (exact) mass is 479 g/mol. The Hall–Kier alpha value is -1.84.